The predicted octanol–water partition coefficient (Wildman–Crippen LogP) is 3.12. The molecule has 2 atom stereocenters. The molecule has 10 heteroatoms. The number of esters is 1. The molecule has 1 amide bonds. The van der Waals surface area contributed by atoms with Crippen LogP contribution in [0.4, 0.5) is 16.3 Å². The normalized spacial score (nSPS) is 17.5. The molecule has 37 heavy (non-hydrogen) atoms. The van der Waals surface area contributed by atoms with Crippen molar-refractivity contribution < 1.29 is 19.1 Å². The third-order valence-electron chi connectivity index (χ3n) is 6.15. The van der Waals surface area contributed by atoms with E-state index in [1.807, 2.05) is 36.5 Å². The van der Waals surface area contributed by atoms with Crippen LogP contribution in [0.1, 0.15) is 24.5 Å². The molecule has 0 aliphatic carbocycles. The number of nitrogens with one attached hydrogen (secondary N) is 2. The van der Waals surface area contributed by atoms with Crippen molar-refractivity contribution >= 4 is 29.1 Å². The molecule has 2 N–H and O–H groups in total. The van der Waals surface area contributed by atoms with E-state index in [0.717, 1.165) is 22.3 Å². The molecule has 3 aromatic rings. The molecule has 0 saturated carbocycles. The third-order valence-corrected chi connectivity index (χ3v) is 6.15. The van der Waals surface area contributed by atoms with Crippen molar-refractivity contribution in [2.45, 2.75) is 25.9 Å². The number of terminal acetylenes is 1. The van der Waals surface area contributed by atoms with Gasteiger partial charge in [0.2, 0.25) is 0 Å². The Kier molecular flexibility index (Phi) is 8.38. The molecule has 0 radical (unpaired) electrons. The maximum absolute atomic E-state index is 12.8. The Bertz CT molecular complexity index is 1310. The number of carbonyl (C=O) groups excluding carboxylic acids is 2. The summed E-state index contributed by atoms with van der Waals surface area (Å²) in [5.74, 6) is 2.41. The van der Waals surface area contributed by atoms with Crippen molar-refractivity contribution in [1.82, 2.24) is 24.8 Å². The fraction of sp³-hybridized carbons (Fsp3) is 0.333. The molecular formula is C27H30N6O4. The van der Waals surface area contributed by atoms with Crippen LogP contribution in [0.3, 0.4) is 0 Å². The SMILES string of the molecule is C#Cc1cccc(Nc2ncnn3ccc(CN4CCC(NC(=O)OCC=C)C(C(=O)OCC)C4)c23)c1. The molecule has 1 aliphatic rings. The number of nitrogens with zero attached hydrogens (tertiary/aromatic N) is 4. The molecule has 1 saturated heterocycles. The summed E-state index contributed by atoms with van der Waals surface area (Å²) in [6.45, 7) is 7.32. The number of alkyl carbamates (subject to hydrolysis) is 1. The lowest BCUT2D eigenvalue weighted by Crippen LogP contribution is -2.53. The van der Waals surface area contributed by atoms with Crippen molar-refractivity contribution in [3.05, 3.63) is 66.6 Å². The van der Waals surface area contributed by atoms with Gasteiger partial charge in [0.05, 0.1) is 12.5 Å². The zero-order chi connectivity index (χ0) is 26.2. The Morgan fingerprint density at radius 2 is 2.19 bits per heavy atom. The Balaban J connectivity index is 1.52. The number of ether oxygens (including phenoxy) is 2. The van der Waals surface area contributed by atoms with E-state index in [1.54, 1.807) is 11.4 Å². The highest BCUT2D eigenvalue weighted by atomic mass is 16.5. The van der Waals surface area contributed by atoms with Gasteiger partial charge in [-0.25, -0.2) is 14.3 Å². The quantitative estimate of drug-likeness (QED) is 0.261. The summed E-state index contributed by atoms with van der Waals surface area (Å²) in [6.07, 6.45) is 10.4. The van der Waals surface area contributed by atoms with E-state index in [1.165, 1.54) is 12.4 Å². The lowest BCUT2D eigenvalue weighted by Gasteiger charge is -2.37. The van der Waals surface area contributed by atoms with Gasteiger partial charge in [-0.05, 0) is 43.2 Å². The molecule has 3 heterocycles. The first-order valence-electron chi connectivity index (χ1n) is 12.1. The fourth-order valence-electron chi connectivity index (χ4n) is 4.45. The molecule has 1 fully saturated rings. The minimum Gasteiger partial charge on any atom is -0.466 e. The van der Waals surface area contributed by atoms with E-state index in [-0.39, 0.29) is 25.2 Å². The second-order valence-electron chi connectivity index (χ2n) is 8.61. The summed E-state index contributed by atoms with van der Waals surface area (Å²) in [7, 11) is 0. The topological polar surface area (TPSA) is 110 Å². The minimum absolute atomic E-state index is 0.0992. The fourth-order valence-corrected chi connectivity index (χ4v) is 4.45. The lowest BCUT2D eigenvalue weighted by atomic mass is 9.92. The van der Waals surface area contributed by atoms with Crippen LogP contribution in [0.25, 0.3) is 5.52 Å². The van der Waals surface area contributed by atoms with Crippen LogP contribution in [0.5, 0.6) is 0 Å². The van der Waals surface area contributed by atoms with Crippen LogP contribution in [0, 0.1) is 18.3 Å². The zero-order valence-corrected chi connectivity index (χ0v) is 20.7. The van der Waals surface area contributed by atoms with Gasteiger partial charge in [-0.3, -0.25) is 9.69 Å². The number of hydrogen-bond donors (Lipinski definition) is 2. The highest BCUT2D eigenvalue weighted by molar-refractivity contribution is 5.77. The van der Waals surface area contributed by atoms with Gasteiger partial charge in [-0.2, -0.15) is 5.10 Å². The van der Waals surface area contributed by atoms with Crippen LogP contribution in [0.2, 0.25) is 0 Å². The average molecular weight is 503 g/mol. The highest BCUT2D eigenvalue weighted by Crippen LogP contribution is 2.27. The standard InChI is InChI=1S/C27H30N6O4/c1-4-14-37-27(35)31-23-11-12-32(17-22(23)26(34)36-6-3)16-20-10-13-33-24(20)25(28-18-29-33)30-21-9-7-8-19(5-2)15-21/h2,4,7-10,13,15,18,22-23H,1,6,11-12,14,16-17H2,3H3,(H,31,35)(H,28,29,30). The Labute approximate surface area is 215 Å². The summed E-state index contributed by atoms with van der Waals surface area (Å²) >= 11 is 0. The number of aromatic nitrogens is 3. The monoisotopic (exact) mass is 502 g/mol. The van der Waals surface area contributed by atoms with Gasteiger partial charge < -0.3 is 20.1 Å². The van der Waals surface area contributed by atoms with Crippen molar-refractivity contribution in [3.63, 3.8) is 0 Å². The Morgan fingerprint density at radius 3 is 2.97 bits per heavy atom. The highest BCUT2D eigenvalue weighted by Gasteiger charge is 2.37. The number of fused-ring (bicyclic) bond motifs is 1. The molecule has 2 aromatic heterocycles. The number of anilines is 2. The minimum atomic E-state index is -0.576. The van der Waals surface area contributed by atoms with Gasteiger partial charge in [-0.15, -0.1) is 6.42 Å². The number of carbonyl (C=O) groups is 2. The van der Waals surface area contributed by atoms with E-state index in [9.17, 15) is 9.59 Å². The second-order valence-corrected chi connectivity index (χ2v) is 8.61. The van der Waals surface area contributed by atoms with Crippen molar-refractivity contribution in [1.29, 1.82) is 0 Å². The third kappa shape index (κ3) is 6.26. The number of hydrogen-bond acceptors (Lipinski definition) is 8. The molecule has 192 valence electrons. The van der Waals surface area contributed by atoms with E-state index >= 15 is 0 Å². The number of piperidine rings is 1. The van der Waals surface area contributed by atoms with Gasteiger partial charge in [0.25, 0.3) is 0 Å². The molecule has 10 nitrogen and oxygen atoms in total. The van der Waals surface area contributed by atoms with Crippen molar-refractivity contribution in [2.75, 3.05) is 31.6 Å². The van der Waals surface area contributed by atoms with E-state index < -0.39 is 12.0 Å². The number of likely N-dealkylation sites (tertiary alicyclic amines) is 1. The van der Waals surface area contributed by atoms with Crippen LogP contribution < -0.4 is 10.6 Å². The Hall–Kier alpha value is -4.36. The summed E-state index contributed by atoms with van der Waals surface area (Å²) in [6, 6.07) is 9.15. The van der Waals surface area contributed by atoms with Gasteiger partial charge in [-0.1, -0.05) is 24.6 Å². The largest absolute Gasteiger partial charge is 0.466 e. The van der Waals surface area contributed by atoms with Crippen LogP contribution in [-0.2, 0) is 20.8 Å². The summed E-state index contributed by atoms with van der Waals surface area (Å²) in [5.41, 5.74) is 3.41. The number of benzene rings is 1. The maximum atomic E-state index is 12.8. The molecule has 1 aromatic carbocycles. The maximum Gasteiger partial charge on any atom is 0.407 e. The van der Waals surface area contributed by atoms with Gasteiger partial charge >= 0.3 is 12.1 Å². The lowest BCUT2D eigenvalue weighted by molar-refractivity contribution is -0.151. The summed E-state index contributed by atoms with van der Waals surface area (Å²) in [5, 5.41) is 10.5. The Morgan fingerprint density at radius 1 is 1.32 bits per heavy atom. The van der Waals surface area contributed by atoms with Gasteiger partial charge in [0.1, 0.15) is 18.5 Å². The van der Waals surface area contributed by atoms with Crippen molar-refractivity contribution in [3.8, 4) is 12.3 Å². The van der Waals surface area contributed by atoms with E-state index in [4.69, 9.17) is 15.9 Å². The van der Waals surface area contributed by atoms with Crippen molar-refractivity contribution in [2.24, 2.45) is 5.92 Å². The molecule has 1 aliphatic heterocycles. The molecule has 0 bridgehead atoms. The smallest absolute Gasteiger partial charge is 0.407 e. The summed E-state index contributed by atoms with van der Waals surface area (Å²) < 4.78 is 12.1. The molecule has 2 unspecified atom stereocenters. The zero-order valence-electron chi connectivity index (χ0n) is 20.7. The van der Waals surface area contributed by atoms with Crippen LogP contribution in [-0.4, -0.2) is 63.9 Å². The van der Waals surface area contributed by atoms with Crippen LogP contribution in [0.15, 0.2) is 55.5 Å². The molecular weight excluding hydrogens is 472 g/mol. The average Bonchev–Trinajstić information content (AvgIpc) is 3.32. The molecule has 0 spiro atoms. The van der Waals surface area contributed by atoms with Gasteiger partial charge in [0.15, 0.2) is 5.82 Å². The number of rotatable bonds is 9. The molecule has 4 rings (SSSR count). The van der Waals surface area contributed by atoms with E-state index in [0.29, 0.717) is 31.9 Å². The first-order valence-corrected chi connectivity index (χ1v) is 12.1. The van der Waals surface area contributed by atoms with E-state index in [2.05, 4.69) is 38.1 Å². The number of amides is 1. The predicted molar refractivity (Wildman–Crippen MR) is 139 cm³/mol. The van der Waals surface area contributed by atoms with Gasteiger partial charge in [0, 0.05) is 43.1 Å². The second kappa shape index (κ2) is 12.1. The first kappa shape index (κ1) is 25.7. The summed E-state index contributed by atoms with van der Waals surface area (Å²) in [4.78, 5) is 31.5. The first-order chi connectivity index (χ1) is 18.0. The van der Waals surface area contributed by atoms with Crippen LogP contribution >= 0.6 is 0 Å².